The van der Waals surface area contributed by atoms with Crippen LogP contribution in [0.25, 0.3) is 0 Å². The van der Waals surface area contributed by atoms with Crippen molar-refractivity contribution in [3.05, 3.63) is 29.8 Å². The van der Waals surface area contributed by atoms with Crippen LogP contribution in [0.15, 0.2) is 29.2 Å². The zero-order chi connectivity index (χ0) is 12.3. The first-order valence-corrected chi connectivity index (χ1v) is 5.69. The molecular formula is C9H8F3NaO3S. The standard InChI is InChI=1S/C9H9F3O3S.Na/c10-7(9(11)12)5-6-3-1-2-4-8(6)16(13,14)15;/h1-4,7,9H,5H2,(H,13,14,15);/q;+1/p-1. The molecule has 0 radical (unpaired) electrons. The van der Waals surface area contributed by atoms with Crippen molar-refractivity contribution in [2.45, 2.75) is 23.9 Å². The molecule has 0 amide bonds. The van der Waals surface area contributed by atoms with E-state index in [4.69, 9.17) is 0 Å². The minimum atomic E-state index is -4.77. The molecule has 1 aromatic rings. The van der Waals surface area contributed by atoms with E-state index in [1.54, 1.807) is 0 Å². The average Bonchev–Trinajstić information content (AvgIpc) is 2.16. The molecule has 8 heteroatoms. The van der Waals surface area contributed by atoms with E-state index in [0.717, 1.165) is 12.1 Å². The first-order chi connectivity index (χ1) is 7.32. The van der Waals surface area contributed by atoms with Crippen LogP contribution < -0.4 is 29.6 Å². The number of hydrogen-bond acceptors (Lipinski definition) is 3. The van der Waals surface area contributed by atoms with Gasteiger partial charge < -0.3 is 4.55 Å². The van der Waals surface area contributed by atoms with Crippen molar-refractivity contribution in [1.82, 2.24) is 0 Å². The third-order valence-corrected chi connectivity index (χ3v) is 2.87. The summed E-state index contributed by atoms with van der Waals surface area (Å²) in [5.74, 6) is 0. The molecule has 0 fully saturated rings. The molecule has 0 saturated carbocycles. The van der Waals surface area contributed by atoms with Gasteiger partial charge in [0.25, 0.3) is 6.43 Å². The summed E-state index contributed by atoms with van der Waals surface area (Å²) in [6.45, 7) is 0. The Bertz CT molecular complexity index is 464. The van der Waals surface area contributed by atoms with E-state index < -0.39 is 34.0 Å². The predicted molar refractivity (Wildman–Crippen MR) is 49.0 cm³/mol. The van der Waals surface area contributed by atoms with E-state index in [9.17, 15) is 26.1 Å². The van der Waals surface area contributed by atoms with Crippen LogP contribution in [-0.4, -0.2) is 25.6 Å². The van der Waals surface area contributed by atoms with Gasteiger partial charge in [-0.3, -0.25) is 0 Å². The molecule has 0 aliphatic carbocycles. The molecule has 1 atom stereocenters. The Morgan fingerprint density at radius 3 is 2.18 bits per heavy atom. The van der Waals surface area contributed by atoms with Gasteiger partial charge in [-0.15, -0.1) is 0 Å². The van der Waals surface area contributed by atoms with Gasteiger partial charge in [0, 0.05) is 6.42 Å². The molecule has 0 saturated heterocycles. The van der Waals surface area contributed by atoms with Crippen LogP contribution in [0.5, 0.6) is 0 Å². The summed E-state index contributed by atoms with van der Waals surface area (Å²) in [5, 5.41) is 0. The Morgan fingerprint density at radius 2 is 1.71 bits per heavy atom. The van der Waals surface area contributed by atoms with Crippen molar-refractivity contribution in [2.24, 2.45) is 0 Å². The molecule has 1 rings (SSSR count). The van der Waals surface area contributed by atoms with Crippen molar-refractivity contribution in [3.8, 4) is 0 Å². The van der Waals surface area contributed by atoms with Crippen molar-refractivity contribution in [2.75, 3.05) is 0 Å². The molecule has 0 N–H and O–H groups in total. The second-order valence-corrected chi connectivity index (χ2v) is 4.46. The fraction of sp³-hybridized carbons (Fsp3) is 0.333. The molecule has 90 valence electrons. The van der Waals surface area contributed by atoms with Gasteiger partial charge in [0.2, 0.25) is 0 Å². The van der Waals surface area contributed by atoms with Gasteiger partial charge in [0.05, 0.1) is 4.90 Å². The molecule has 17 heavy (non-hydrogen) atoms. The summed E-state index contributed by atoms with van der Waals surface area (Å²) in [6.07, 6.45) is -6.49. The van der Waals surface area contributed by atoms with Crippen LogP contribution in [0.3, 0.4) is 0 Å². The van der Waals surface area contributed by atoms with Crippen LogP contribution in [0.4, 0.5) is 13.2 Å². The molecule has 0 spiro atoms. The van der Waals surface area contributed by atoms with Gasteiger partial charge in [-0.2, -0.15) is 0 Å². The Balaban J connectivity index is 0.00000256. The first-order valence-electron chi connectivity index (χ1n) is 4.28. The third kappa shape index (κ3) is 4.97. The van der Waals surface area contributed by atoms with Crippen molar-refractivity contribution in [3.63, 3.8) is 0 Å². The van der Waals surface area contributed by atoms with Gasteiger partial charge in [-0.1, -0.05) is 18.2 Å². The molecule has 0 aliphatic rings. The summed E-state index contributed by atoms with van der Waals surface area (Å²) in [5.41, 5.74) is -0.231. The number of hydrogen-bond donors (Lipinski definition) is 0. The summed E-state index contributed by atoms with van der Waals surface area (Å²) in [6, 6.07) is 4.72. The van der Waals surface area contributed by atoms with Crippen molar-refractivity contribution < 1.29 is 55.7 Å². The van der Waals surface area contributed by atoms with E-state index in [1.807, 2.05) is 0 Å². The second kappa shape index (κ2) is 6.75. The maximum atomic E-state index is 12.7. The van der Waals surface area contributed by atoms with Crippen LogP contribution in [0.2, 0.25) is 0 Å². The Kier molecular flexibility index (Phi) is 6.71. The quantitative estimate of drug-likeness (QED) is 0.509. The van der Waals surface area contributed by atoms with Crippen LogP contribution in [-0.2, 0) is 16.5 Å². The van der Waals surface area contributed by atoms with Crippen molar-refractivity contribution >= 4 is 10.1 Å². The van der Waals surface area contributed by atoms with E-state index >= 15 is 0 Å². The van der Waals surface area contributed by atoms with Gasteiger partial charge in [0.1, 0.15) is 10.1 Å². The minimum absolute atomic E-state index is 0. The van der Waals surface area contributed by atoms with Gasteiger partial charge in [-0.05, 0) is 11.6 Å². The first kappa shape index (κ1) is 16.9. The van der Waals surface area contributed by atoms with E-state index in [1.165, 1.54) is 12.1 Å². The molecule has 1 unspecified atom stereocenters. The predicted octanol–water partition coefficient (Wildman–Crippen LogP) is -1.26. The SMILES string of the molecule is O=S(=O)([O-])c1ccccc1CC(F)C(F)F.[Na+]. The fourth-order valence-corrected chi connectivity index (χ4v) is 1.93. The summed E-state index contributed by atoms with van der Waals surface area (Å²) in [4.78, 5) is -0.654. The Hall–Kier alpha value is -0.0800. The molecule has 0 bridgehead atoms. The zero-order valence-electron chi connectivity index (χ0n) is 8.94. The number of benzene rings is 1. The maximum absolute atomic E-state index is 12.7. The van der Waals surface area contributed by atoms with E-state index in [0.29, 0.717) is 0 Å². The van der Waals surface area contributed by atoms with Crippen LogP contribution in [0.1, 0.15) is 5.56 Å². The topological polar surface area (TPSA) is 57.2 Å². The largest absolute Gasteiger partial charge is 1.00 e. The molecule has 0 aromatic heterocycles. The van der Waals surface area contributed by atoms with Crippen molar-refractivity contribution in [1.29, 1.82) is 0 Å². The fourth-order valence-electron chi connectivity index (χ4n) is 1.22. The molecule has 3 nitrogen and oxygen atoms in total. The zero-order valence-corrected chi connectivity index (χ0v) is 11.8. The van der Waals surface area contributed by atoms with Crippen LogP contribution in [0, 0.1) is 0 Å². The average molecular weight is 276 g/mol. The van der Waals surface area contributed by atoms with E-state index in [-0.39, 0.29) is 35.1 Å². The third-order valence-electron chi connectivity index (χ3n) is 1.93. The Labute approximate surface area is 119 Å². The second-order valence-electron chi connectivity index (χ2n) is 3.12. The Morgan fingerprint density at radius 1 is 1.18 bits per heavy atom. The van der Waals surface area contributed by atoms with Gasteiger partial charge in [0.15, 0.2) is 6.17 Å². The number of rotatable bonds is 4. The van der Waals surface area contributed by atoms with Crippen LogP contribution >= 0.6 is 0 Å². The number of alkyl halides is 3. The summed E-state index contributed by atoms with van der Waals surface area (Å²) >= 11 is 0. The smallest absolute Gasteiger partial charge is 0.744 e. The monoisotopic (exact) mass is 276 g/mol. The van der Waals surface area contributed by atoms with Gasteiger partial charge in [-0.25, -0.2) is 21.6 Å². The normalized spacial score (nSPS) is 13.2. The summed E-state index contributed by atoms with van der Waals surface area (Å²) in [7, 11) is -4.77. The van der Waals surface area contributed by atoms with Gasteiger partial charge >= 0.3 is 29.6 Å². The van der Waals surface area contributed by atoms with E-state index in [2.05, 4.69) is 0 Å². The molecule has 0 aliphatic heterocycles. The summed E-state index contributed by atoms with van der Waals surface area (Å²) < 4.78 is 68.8. The molecule has 1 aromatic carbocycles. The molecular weight excluding hydrogens is 268 g/mol. The molecule has 0 heterocycles. The number of halogens is 3. The maximum Gasteiger partial charge on any atom is 1.00 e. The minimum Gasteiger partial charge on any atom is -0.744 e.